The quantitative estimate of drug-likeness (QED) is 0.484. The number of hydrogen-bond acceptors (Lipinski definition) is 5. The summed E-state index contributed by atoms with van der Waals surface area (Å²) in [6.45, 7) is 3.58. The largest absolute Gasteiger partial charge is 0.464 e. The van der Waals surface area contributed by atoms with Crippen molar-refractivity contribution in [2.45, 2.75) is 31.6 Å². The second kappa shape index (κ2) is 3.63. The van der Waals surface area contributed by atoms with Crippen molar-refractivity contribution in [2.24, 2.45) is 0 Å². The molecule has 5 nitrogen and oxygen atoms in total. The molecule has 76 valence electrons. The fourth-order valence-corrected chi connectivity index (χ4v) is 2.56. The number of hydrogen-bond donors (Lipinski definition) is 0. The summed E-state index contributed by atoms with van der Waals surface area (Å²) < 4.78 is 31.0. The van der Waals surface area contributed by atoms with E-state index in [1.54, 1.807) is 13.8 Å². The average molecular weight is 208 g/mol. The first-order valence-electron chi connectivity index (χ1n) is 4.11. The predicted octanol–water partition coefficient (Wildman–Crippen LogP) is 0.0567. The molecule has 1 heterocycles. The molecular formula is C7H12O5S. The summed E-state index contributed by atoms with van der Waals surface area (Å²) in [6.07, 6.45) is -0.554. The van der Waals surface area contributed by atoms with E-state index >= 15 is 0 Å². The van der Waals surface area contributed by atoms with Crippen LogP contribution in [0.2, 0.25) is 0 Å². The highest BCUT2D eigenvalue weighted by Crippen LogP contribution is 2.28. The van der Waals surface area contributed by atoms with E-state index < -0.39 is 27.4 Å². The molecule has 0 aliphatic carbocycles. The molecule has 0 unspecified atom stereocenters. The van der Waals surface area contributed by atoms with Crippen molar-refractivity contribution in [2.75, 3.05) is 6.61 Å². The third kappa shape index (κ3) is 1.83. The number of carbonyl (C=O) groups excluding carboxylic acids is 1. The van der Waals surface area contributed by atoms with E-state index in [0.29, 0.717) is 6.42 Å². The van der Waals surface area contributed by atoms with Crippen molar-refractivity contribution in [1.29, 1.82) is 0 Å². The summed E-state index contributed by atoms with van der Waals surface area (Å²) in [5.74, 6) is -0.593. The van der Waals surface area contributed by atoms with Crippen LogP contribution in [0, 0.1) is 0 Å². The lowest BCUT2D eigenvalue weighted by molar-refractivity contribution is -0.153. The summed E-state index contributed by atoms with van der Waals surface area (Å²) in [6, 6.07) is 0. The van der Waals surface area contributed by atoms with Gasteiger partial charge in [0.15, 0.2) is 6.10 Å². The molecule has 1 rings (SSSR count). The monoisotopic (exact) mass is 208 g/mol. The minimum Gasteiger partial charge on any atom is -0.464 e. The summed E-state index contributed by atoms with van der Waals surface area (Å²) >= 11 is 0. The number of rotatable bonds is 3. The Hall–Kier alpha value is -0.620. The number of carbonyl (C=O) groups is 1. The molecule has 6 heteroatoms. The molecule has 0 saturated carbocycles. The lowest BCUT2D eigenvalue weighted by atomic mass is 10.2. The number of esters is 1. The summed E-state index contributed by atoms with van der Waals surface area (Å²) in [7, 11) is -3.49. The zero-order valence-electron chi connectivity index (χ0n) is 7.52. The van der Waals surface area contributed by atoms with Crippen LogP contribution in [0.5, 0.6) is 0 Å². The molecule has 0 spiro atoms. The first-order chi connectivity index (χ1) is 6.03. The van der Waals surface area contributed by atoms with Crippen LogP contribution >= 0.6 is 0 Å². The second-order valence-electron chi connectivity index (χ2n) is 2.71. The van der Waals surface area contributed by atoms with Crippen molar-refractivity contribution in [3.8, 4) is 0 Å². The molecule has 0 aromatic heterocycles. The van der Waals surface area contributed by atoms with Crippen LogP contribution in [0.3, 0.4) is 0 Å². The highest BCUT2D eigenvalue weighted by atomic mass is 32.2. The van der Waals surface area contributed by atoms with E-state index in [4.69, 9.17) is 0 Å². The first-order valence-corrected chi connectivity index (χ1v) is 5.58. The fourth-order valence-electron chi connectivity index (χ4n) is 1.21. The van der Waals surface area contributed by atoms with Gasteiger partial charge in [0, 0.05) is 0 Å². The SMILES string of the molecule is CCOC(=O)[C@@H]1OS(=O)(=O)[C@@H]1CC. The molecular weight excluding hydrogens is 196 g/mol. The van der Waals surface area contributed by atoms with Gasteiger partial charge in [-0.1, -0.05) is 6.92 Å². The molecule has 0 bridgehead atoms. The van der Waals surface area contributed by atoms with Crippen molar-refractivity contribution in [3.63, 3.8) is 0 Å². The van der Waals surface area contributed by atoms with Gasteiger partial charge in [0.05, 0.1) is 6.61 Å². The van der Waals surface area contributed by atoms with Gasteiger partial charge in [-0.25, -0.2) is 4.79 Å². The van der Waals surface area contributed by atoms with Crippen LogP contribution in [-0.4, -0.2) is 32.3 Å². The van der Waals surface area contributed by atoms with Crippen LogP contribution in [-0.2, 0) is 23.8 Å². The van der Waals surface area contributed by atoms with Gasteiger partial charge in [-0.3, -0.25) is 4.18 Å². The smallest absolute Gasteiger partial charge is 0.338 e. The van der Waals surface area contributed by atoms with Gasteiger partial charge in [0.25, 0.3) is 10.1 Å². The van der Waals surface area contributed by atoms with E-state index in [2.05, 4.69) is 8.92 Å². The van der Waals surface area contributed by atoms with Gasteiger partial charge in [0.2, 0.25) is 0 Å². The Balaban J connectivity index is 2.62. The zero-order valence-corrected chi connectivity index (χ0v) is 8.33. The predicted molar refractivity (Wildman–Crippen MR) is 44.5 cm³/mol. The topological polar surface area (TPSA) is 69.7 Å². The average Bonchev–Trinajstić information content (AvgIpc) is 2.02. The molecule has 2 atom stereocenters. The van der Waals surface area contributed by atoms with E-state index in [1.165, 1.54) is 0 Å². The van der Waals surface area contributed by atoms with Crippen LogP contribution in [0.1, 0.15) is 20.3 Å². The lowest BCUT2D eigenvalue weighted by Crippen LogP contribution is -2.54. The summed E-state index contributed by atoms with van der Waals surface area (Å²) in [4.78, 5) is 11.1. The Kier molecular flexibility index (Phi) is 2.92. The van der Waals surface area contributed by atoms with Crippen LogP contribution in [0.25, 0.3) is 0 Å². The molecule has 1 aliphatic rings. The molecule has 1 fully saturated rings. The summed E-state index contributed by atoms with van der Waals surface area (Å²) in [5.41, 5.74) is 0. The Bertz CT molecular complexity index is 294. The van der Waals surface area contributed by atoms with Crippen molar-refractivity contribution in [1.82, 2.24) is 0 Å². The summed E-state index contributed by atoms with van der Waals surface area (Å²) in [5, 5.41) is -0.730. The van der Waals surface area contributed by atoms with Crippen LogP contribution in [0.15, 0.2) is 0 Å². The molecule has 0 amide bonds. The van der Waals surface area contributed by atoms with E-state index in [1.807, 2.05) is 0 Å². The van der Waals surface area contributed by atoms with E-state index in [9.17, 15) is 13.2 Å². The van der Waals surface area contributed by atoms with Crippen molar-refractivity contribution in [3.05, 3.63) is 0 Å². The first kappa shape index (κ1) is 10.5. The van der Waals surface area contributed by atoms with Crippen LogP contribution < -0.4 is 0 Å². The number of ether oxygens (including phenoxy) is 1. The molecule has 0 N–H and O–H groups in total. The minimum absolute atomic E-state index is 0.231. The molecule has 0 aromatic rings. The maximum absolute atomic E-state index is 11.1. The highest BCUT2D eigenvalue weighted by molar-refractivity contribution is 7.88. The normalized spacial score (nSPS) is 30.6. The van der Waals surface area contributed by atoms with Gasteiger partial charge in [-0.15, -0.1) is 0 Å². The third-order valence-electron chi connectivity index (χ3n) is 1.87. The van der Waals surface area contributed by atoms with Gasteiger partial charge in [0.1, 0.15) is 5.25 Å². The minimum atomic E-state index is -3.49. The Morgan fingerprint density at radius 3 is 2.46 bits per heavy atom. The fraction of sp³-hybridized carbons (Fsp3) is 0.857. The van der Waals surface area contributed by atoms with E-state index in [0.717, 1.165) is 0 Å². The maximum atomic E-state index is 11.1. The van der Waals surface area contributed by atoms with Crippen LogP contribution in [0.4, 0.5) is 0 Å². The molecule has 13 heavy (non-hydrogen) atoms. The molecule has 0 radical (unpaired) electrons. The zero-order chi connectivity index (χ0) is 10.1. The maximum Gasteiger partial charge on any atom is 0.338 e. The molecule has 1 aliphatic heterocycles. The highest BCUT2D eigenvalue weighted by Gasteiger charge is 2.51. The van der Waals surface area contributed by atoms with Crippen molar-refractivity contribution >= 4 is 16.1 Å². The standard InChI is InChI=1S/C7H12O5S/c1-3-5-6(7(8)11-4-2)12-13(5,9)10/h5-6H,3-4H2,1-2H3/t5-,6-/m1/s1. The van der Waals surface area contributed by atoms with Gasteiger partial charge < -0.3 is 4.74 Å². The Labute approximate surface area is 77.1 Å². The van der Waals surface area contributed by atoms with Gasteiger partial charge in [-0.05, 0) is 13.3 Å². The molecule has 0 aromatic carbocycles. The Morgan fingerprint density at radius 1 is 1.46 bits per heavy atom. The van der Waals surface area contributed by atoms with Crippen molar-refractivity contribution < 1.29 is 22.1 Å². The third-order valence-corrected chi connectivity index (χ3v) is 3.67. The van der Waals surface area contributed by atoms with E-state index in [-0.39, 0.29) is 6.61 Å². The molecule has 1 saturated heterocycles. The Morgan fingerprint density at radius 2 is 2.08 bits per heavy atom. The lowest BCUT2D eigenvalue weighted by Gasteiger charge is -2.32. The van der Waals surface area contributed by atoms with Gasteiger partial charge in [-0.2, -0.15) is 8.42 Å². The second-order valence-corrected chi connectivity index (χ2v) is 4.49. The van der Waals surface area contributed by atoms with Gasteiger partial charge >= 0.3 is 5.97 Å².